The number of para-hydroxylation sites is 1. The van der Waals surface area contributed by atoms with E-state index in [1.807, 2.05) is 25.1 Å². The molecule has 2 heterocycles. The van der Waals surface area contributed by atoms with Crippen LogP contribution in [0, 0.1) is 17.0 Å². The number of benzene rings is 2. The van der Waals surface area contributed by atoms with Crippen LogP contribution >= 0.6 is 0 Å². The Morgan fingerprint density at radius 3 is 2.79 bits per heavy atom. The van der Waals surface area contributed by atoms with Gasteiger partial charge >= 0.3 is 5.69 Å². The first kappa shape index (κ1) is 17.3. The molecule has 0 amide bonds. The zero-order valence-corrected chi connectivity index (χ0v) is 15.0. The molecule has 2 aromatic heterocycles. The summed E-state index contributed by atoms with van der Waals surface area (Å²) in [6.45, 7) is 1.91. The number of methoxy groups -OCH3 is 1. The van der Waals surface area contributed by atoms with Crippen molar-refractivity contribution in [2.45, 2.75) is 6.92 Å². The maximum absolute atomic E-state index is 11.9. The van der Waals surface area contributed by atoms with E-state index in [1.165, 1.54) is 18.1 Å². The molecule has 0 aliphatic heterocycles. The minimum Gasteiger partial charge on any atom is -0.495 e. The summed E-state index contributed by atoms with van der Waals surface area (Å²) >= 11 is 0. The molecule has 10 heteroatoms. The van der Waals surface area contributed by atoms with Crippen LogP contribution in [0.1, 0.15) is 5.56 Å². The van der Waals surface area contributed by atoms with Crippen molar-refractivity contribution in [2.75, 3.05) is 12.4 Å². The molecular formula is C18H15N7O3. The number of aryl methyl sites for hydroxylation is 1. The van der Waals surface area contributed by atoms with Gasteiger partial charge in [-0.15, -0.1) is 5.10 Å². The third-order valence-corrected chi connectivity index (χ3v) is 4.15. The molecule has 0 fully saturated rings. The monoisotopic (exact) mass is 377 g/mol. The fourth-order valence-electron chi connectivity index (χ4n) is 2.86. The van der Waals surface area contributed by atoms with Gasteiger partial charge in [-0.05, 0) is 36.8 Å². The van der Waals surface area contributed by atoms with Gasteiger partial charge in [-0.1, -0.05) is 23.4 Å². The lowest BCUT2D eigenvalue weighted by Gasteiger charge is -2.12. The summed E-state index contributed by atoms with van der Waals surface area (Å²) < 4.78 is 6.66. The minimum absolute atomic E-state index is 0.0165. The van der Waals surface area contributed by atoms with Crippen LogP contribution in [0.15, 0.2) is 48.8 Å². The number of aromatic nitrogens is 5. The number of anilines is 2. The van der Waals surface area contributed by atoms with E-state index in [2.05, 4.69) is 25.6 Å². The third-order valence-electron chi connectivity index (χ3n) is 4.15. The van der Waals surface area contributed by atoms with Crippen molar-refractivity contribution >= 4 is 28.2 Å². The van der Waals surface area contributed by atoms with E-state index in [0.29, 0.717) is 22.5 Å². The molecule has 0 radical (unpaired) electrons. The van der Waals surface area contributed by atoms with Crippen LogP contribution in [0.4, 0.5) is 17.2 Å². The molecule has 10 nitrogen and oxygen atoms in total. The summed E-state index contributed by atoms with van der Waals surface area (Å²) in [6, 6.07) is 12.6. The lowest BCUT2D eigenvalue weighted by atomic mass is 10.2. The van der Waals surface area contributed by atoms with E-state index in [4.69, 9.17) is 4.74 Å². The fraction of sp³-hybridized carbons (Fsp3) is 0.111. The number of ether oxygens (including phenoxy) is 1. The zero-order chi connectivity index (χ0) is 19.7. The number of nitrogens with one attached hydrogen (secondary N) is 1. The van der Waals surface area contributed by atoms with Crippen LogP contribution in [0.25, 0.3) is 16.9 Å². The molecule has 140 valence electrons. The van der Waals surface area contributed by atoms with Gasteiger partial charge < -0.3 is 10.1 Å². The predicted octanol–water partition coefficient (Wildman–Crippen LogP) is 3.18. The second kappa shape index (κ2) is 6.91. The van der Waals surface area contributed by atoms with Crippen LogP contribution in [0.5, 0.6) is 5.75 Å². The van der Waals surface area contributed by atoms with Crippen LogP contribution in [0.2, 0.25) is 0 Å². The summed E-state index contributed by atoms with van der Waals surface area (Å²) in [7, 11) is 1.53. The number of rotatable bonds is 5. The second-order valence-electron chi connectivity index (χ2n) is 5.97. The Bertz CT molecular complexity index is 1190. The van der Waals surface area contributed by atoms with Crippen molar-refractivity contribution in [3.63, 3.8) is 0 Å². The molecule has 0 aliphatic rings. The average Bonchev–Trinajstić information content (AvgIpc) is 3.12. The van der Waals surface area contributed by atoms with Gasteiger partial charge in [0.2, 0.25) is 11.6 Å². The Kier molecular flexibility index (Phi) is 4.28. The van der Waals surface area contributed by atoms with Gasteiger partial charge in [-0.2, -0.15) is 4.68 Å². The molecule has 1 N–H and O–H groups in total. The molecule has 0 unspecified atom stereocenters. The quantitative estimate of drug-likeness (QED) is 0.416. The van der Waals surface area contributed by atoms with E-state index in [0.717, 1.165) is 5.56 Å². The standard InChI is InChI=1S/C18H15N7O3/c1-11-7-8-15(28-2)13(9-11)21-17-16(25(26)27)18(20-10-19-17)24-14-6-4-3-5-12(14)22-23-24/h3-10H,1-2H3,(H,19,20,21). The first-order chi connectivity index (χ1) is 13.6. The van der Waals surface area contributed by atoms with Gasteiger partial charge in [-0.25, -0.2) is 9.97 Å². The molecule has 4 aromatic rings. The third kappa shape index (κ3) is 2.96. The largest absolute Gasteiger partial charge is 0.495 e. The molecular weight excluding hydrogens is 362 g/mol. The average molecular weight is 377 g/mol. The number of nitro groups is 1. The van der Waals surface area contributed by atoms with E-state index in [9.17, 15) is 10.1 Å². The second-order valence-corrected chi connectivity index (χ2v) is 5.97. The Hall–Kier alpha value is -4.08. The molecule has 0 atom stereocenters. The van der Waals surface area contributed by atoms with E-state index >= 15 is 0 Å². The molecule has 4 rings (SSSR count). The number of hydrogen-bond acceptors (Lipinski definition) is 8. The summed E-state index contributed by atoms with van der Waals surface area (Å²) in [5, 5.41) is 22.9. The van der Waals surface area contributed by atoms with E-state index < -0.39 is 4.92 Å². The highest BCUT2D eigenvalue weighted by Gasteiger charge is 2.27. The van der Waals surface area contributed by atoms with Crippen molar-refractivity contribution in [3.8, 4) is 11.6 Å². The number of nitrogens with zero attached hydrogens (tertiary/aromatic N) is 6. The Morgan fingerprint density at radius 2 is 2.00 bits per heavy atom. The Balaban J connectivity index is 1.88. The smallest absolute Gasteiger partial charge is 0.356 e. The van der Waals surface area contributed by atoms with Crippen molar-refractivity contribution in [3.05, 3.63) is 64.5 Å². The lowest BCUT2D eigenvalue weighted by molar-refractivity contribution is -0.384. The zero-order valence-electron chi connectivity index (χ0n) is 15.0. The van der Waals surface area contributed by atoms with Crippen molar-refractivity contribution in [2.24, 2.45) is 0 Å². The molecule has 0 saturated heterocycles. The molecule has 0 spiro atoms. The Labute approximate surface area is 159 Å². The highest BCUT2D eigenvalue weighted by Crippen LogP contribution is 2.34. The predicted molar refractivity (Wildman–Crippen MR) is 102 cm³/mol. The maximum Gasteiger partial charge on any atom is 0.356 e. The normalized spacial score (nSPS) is 10.8. The first-order valence-electron chi connectivity index (χ1n) is 8.30. The number of fused-ring (bicyclic) bond motifs is 1. The molecule has 2 aromatic carbocycles. The van der Waals surface area contributed by atoms with Gasteiger partial charge in [-0.3, -0.25) is 10.1 Å². The van der Waals surface area contributed by atoms with Gasteiger partial charge in [0, 0.05) is 0 Å². The highest BCUT2D eigenvalue weighted by molar-refractivity contribution is 5.79. The van der Waals surface area contributed by atoms with Gasteiger partial charge in [0.25, 0.3) is 0 Å². The molecule has 0 aliphatic carbocycles. The maximum atomic E-state index is 11.9. The van der Waals surface area contributed by atoms with E-state index in [1.54, 1.807) is 24.3 Å². The Morgan fingerprint density at radius 1 is 1.18 bits per heavy atom. The summed E-state index contributed by atoms with van der Waals surface area (Å²) in [5.41, 5.74) is 2.40. The van der Waals surface area contributed by atoms with Gasteiger partial charge in [0.15, 0.2) is 0 Å². The topological polar surface area (TPSA) is 121 Å². The lowest BCUT2D eigenvalue weighted by Crippen LogP contribution is -2.09. The fourth-order valence-corrected chi connectivity index (χ4v) is 2.86. The van der Waals surface area contributed by atoms with Crippen molar-refractivity contribution in [1.82, 2.24) is 25.0 Å². The van der Waals surface area contributed by atoms with Gasteiger partial charge in [0.1, 0.15) is 17.6 Å². The first-order valence-corrected chi connectivity index (χ1v) is 8.30. The SMILES string of the molecule is COc1ccc(C)cc1Nc1ncnc(-n2nnc3ccccc32)c1[N+](=O)[O-]. The van der Waals surface area contributed by atoms with Crippen molar-refractivity contribution in [1.29, 1.82) is 0 Å². The molecule has 0 saturated carbocycles. The summed E-state index contributed by atoms with van der Waals surface area (Å²) in [5.74, 6) is 0.576. The van der Waals surface area contributed by atoms with Crippen LogP contribution in [-0.2, 0) is 0 Å². The molecule has 0 bridgehead atoms. The summed E-state index contributed by atoms with van der Waals surface area (Å²) in [4.78, 5) is 19.5. The van der Waals surface area contributed by atoms with Crippen LogP contribution in [0.3, 0.4) is 0 Å². The van der Waals surface area contributed by atoms with Crippen molar-refractivity contribution < 1.29 is 9.66 Å². The summed E-state index contributed by atoms with van der Waals surface area (Å²) in [6.07, 6.45) is 1.24. The van der Waals surface area contributed by atoms with Gasteiger partial charge in [0.05, 0.1) is 23.2 Å². The number of hydrogen-bond donors (Lipinski definition) is 1. The highest BCUT2D eigenvalue weighted by atomic mass is 16.6. The van der Waals surface area contributed by atoms with Crippen LogP contribution < -0.4 is 10.1 Å². The molecule has 28 heavy (non-hydrogen) atoms. The van der Waals surface area contributed by atoms with E-state index in [-0.39, 0.29) is 17.3 Å². The van der Waals surface area contributed by atoms with Crippen LogP contribution in [-0.4, -0.2) is 37.0 Å². The minimum atomic E-state index is -0.545.